The second kappa shape index (κ2) is 3.25. The molecule has 0 unspecified atom stereocenters. The molecule has 2 nitrogen and oxygen atoms in total. The molecular weight excluding hydrogens is 164 g/mol. The van der Waals surface area contributed by atoms with Crippen LogP contribution in [0.1, 0.15) is 11.3 Å². The van der Waals surface area contributed by atoms with E-state index in [0.29, 0.717) is 0 Å². The Labute approximate surface area is 70.0 Å². The van der Waals surface area contributed by atoms with Gasteiger partial charge in [-0.1, -0.05) is 0 Å². The van der Waals surface area contributed by atoms with Crippen LogP contribution in [-0.2, 0) is 6.42 Å². The lowest BCUT2D eigenvalue weighted by Gasteiger charge is -1.92. The summed E-state index contributed by atoms with van der Waals surface area (Å²) in [5.74, 6) is 0.837. The van der Waals surface area contributed by atoms with E-state index in [9.17, 15) is 0 Å². The van der Waals surface area contributed by atoms with Crippen molar-refractivity contribution >= 4 is 29.2 Å². The van der Waals surface area contributed by atoms with Gasteiger partial charge in [0.1, 0.15) is 5.00 Å². The molecule has 4 heteroatoms. The Hall–Kier alpha value is -0.220. The van der Waals surface area contributed by atoms with Gasteiger partial charge in [0, 0.05) is 5.56 Å². The first kappa shape index (κ1) is 7.88. The van der Waals surface area contributed by atoms with Gasteiger partial charge in [-0.15, -0.1) is 0 Å². The molecule has 56 valence electrons. The van der Waals surface area contributed by atoms with E-state index in [4.69, 9.17) is 5.73 Å². The van der Waals surface area contributed by atoms with Crippen LogP contribution in [0, 0.1) is 6.92 Å². The molecule has 10 heavy (non-hydrogen) atoms. The highest BCUT2D eigenvalue weighted by Crippen LogP contribution is 2.20. The van der Waals surface area contributed by atoms with Crippen molar-refractivity contribution in [3.8, 4) is 0 Å². The molecule has 0 aliphatic rings. The van der Waals surface area contributed by atoms with Crippen LogP contribution in [0.25, 0.3) is 0 Å². The highest BCUT2D eigenvalue weighted by molar-refractivity contribution is 7.80. The summed E-state index contributed by atoms with van der Waals surface area (Å²) in [6.07, 6.45) is 0.919. The predicted octanol–water partition coefficient (Wildman–Crippen LogP) is 1.51. The van der Waals surface area contributed by atoms with Crippen molar-refractivity contribution in [2.24, 2.45) is 0 Å². The van der Waals surface area contributed by atoms with Gasteiger partial charge in [0.15, 0.2) is 0 Å². The van der Waals surface area contributed by atoms with E-state index in [2.05, 4.69) is 17.0 Å². The largest absolute Gasteiger partial charge is 0.389 e. The van der Waals surface area contributed by atoms with Crippen molar-refractivity contribution in [1.82, 2.24) is 4.37 Å². The summed E-state index contributed by atoms with van der Waals surface area (Å²) < 4.78 is 4.17. The summed E-state index contributed by atoms with van der Waals surface area (Å²) in [6, 6.07) is 0. The average molecular weight is 174 g/mol. The number of thiol groups is 1. The highest BCUT2D eigenvalue weighted by Gasteiger charge is 2.04. The van der Waals surface area contributed by atoms with E-state index >= 15 is 0 Å². The summed E-state index contributed by atoms with van der Waals surface area (Å²) in [5.41, 5.74) is 7.82. The van der Waals surface area contributed by atoms with Crippen LogP contribution in [0.5, 0.6) is 0 Å². The molecule has 1 aromatic rings. The summed E-state index contributed by atoms with van der Waals surface area (Å²) in [5, 5.41) is 0.830. The van der Waals surface area contributed by atoms with Crippen LogP contribution >= 0.6 is 24.2 Å². The highest BCUT2D eigenvalue weighted by atomic mass is 32.1. The average Bonchev–Trinajstić information content (AvgIpc) is 2.20. The van der Waals surface area contributed by atoms with E-state index in [-0.39, 0.29) is 0 Å². The van der Waals surface area contributed by atoms with Gasteiger partial charge in [0.2, 0.25) is 0 Å². The number of anilines is 1. The molecule has 0 amide bonds. The van der Waals surface area contributed by atoms with Gasteiger partial charge in [-0.2, -0.15) is 17.0 Å². The number of nitrogens with two attached hydrogens (primary N) is 1. The van der Waals surface area contributed by atoms with E-state index in [1.165, 1.54) is 11.5 Å². The number of hydrogen-bond donors (Lipinski definition) is 2. The van der Waals surface area contributed by atoms with Gasteiger partial charge >= 0.3 is 0 Å². The molecule has 2 N–H and O–H groups in total. The first-order chi connectivity index (χ1) is 4.75. The number of nitrogen functional groups attached to an aromatic ring is 1. The first-order valence-electron chi connectivity index (χ1n) is 3.07. The first-order valence-corrected chi connectivity index (χ1v) is 4.47. The minimum atomic E-state index is 0.830. The van der Waals surface area contributed by atoms with Crippen LogP contribution in [0.3, 0.4) is 0 Å². The van der Waals surface area contributed by atoms with Crippen molar-refractivity contribution in [3.63, 3.8) is 0 Å². The van der Waals surface area contributed by atoms with Crippen LogP contribution in [0.4, 0.5) is 5.00 Å². The molecule has 0 fully saturated rings. The fourth-order valence-corrected chi connectivity index (χ4v) is 1.63. The number of aromatic nitrogens is 1. The molecule has 1 heterocycles. The van der Waals surface area contributed by atoms with E-state index < -0.39 is 0 Å². The Morgan fingerprint density at radius 2 is 2.40 bits per heavy atom. The lowest BCUT2D eigenvalue weighted by Crippen LogP contribution is -1.90. The van der Waals surface area contributed by atoms with E-state index in [1.807, 2.05) is 6.92 Å². The van der Waals surface area contributed by atoms with Crippen molar-refractivity contribution < 1.29 is 0 Å². The number of aryl methyl sites for hydroxylation is 1. The Morgan fingerprint density at radius 3 is 2.80 bits per heavy atom. The summed E-state index contributed by atoms with van der Waals surface area (Å²) in [6.45, 7) is 2.00. The Kier molecular flexibility index (Phi) is 2.56. The topological polar surface area (TPSA) is 38.9 Å². The minimum absolute atomic E-state index is 0.830. The van der Waals surface area contributed by atoms with Gasteiger partial charge < -0.3 is 5.73 Å². The molecule has 0 saturated carbocycles. The number of nitrogens with zero attached hydrogens (tertiary/aromatic N) is 1. The zero-order valence-electron chi connectivity index (χ0n) is 5.79. The van der Waals surface area contributed by atoms with Crippen LogP contribution in [0.15, 0.2) is 0 Å². The number of hydrogen-bond acceptors (Lipinski definition) is 4. The third-order valence-corrected chi connectivity index (χ3v) is 2.44. The zero-order chi connectivity index (χ0) is 7.56. The number of rotatable bonds is 2. The van der Waals surface area contributed by atoms with Gasteiger partial charge in [-0.25, -0.2) is 0 Å². The second-order valence-corrected chi connectivity index (χ2v) is 3.34. The van der Waals surface area contributed by atoms with Crippen molar-refractivity contribution in [1.29, 1.82) is 0 Å². The maximum Gasteiger partial charge on any atom is 0.110 e. The molecule has 1 rings (SSSR count). The minimum Gasteiger partial charge on any atom is -0.389 e. The van der Waals surface area contributed by atoms with Gasteiger partial charge in [-0.05, 0) is 30.6 Å². The molecule has 0 aromatic carbocycles. The van der Waals surface area contributed by atoms with Gasteiger partial charge in [-0.3, -0.25) is 0 Å². The standard InChI is InChI=1S/C6H10N2S2/c1-4-5(2-3-9)8-10-6(4)7/h9H,2-3,7H2,1H3. The van der Waals surface area contributed by atoms with Crippen molar-refractivity contribution in [2.45, 2.75) is 13.3 Å². The van der Waals surface area contributed by atoms with Crippen molar-refractivity contribution in [2.75, 3.05) is 11.5 Å². The molecule has 0 aliphatic carbocycles. The lowest BCUT2D eigenvalue weighted by atomic mass is 10.2. The van der Waals surface area contributed by atoms with Gasteiger partial charge in [0.25, 0.3) is 0 Å². The molecule has 0 aliphatic heterocycles. The maximum absolute atomic E-state index is 5.60. The predicted molar refractivity (Wildman–Crippen MR) is 48.8 cm³/mol. The summed E-state index contributed by atoms with van der Waals surface area (Å²) in [7, 11) is 0. The molecule has 0 saturated heterocycles. The SMILES string of the molecule is Cc1c(CCS)nsc1N. The molecule has 0 spiro atoms. The Morgan fingerprint density at radius 1 is 1.70 bits per heavy atom. The fourth-order valence-electron chi connectivity index (χ4n) is 0.722. The van der Waals surface area contributed by atoms with Crippen LogP contribution in [0.2, 0.25) is 0 Å². The quantitative estimate of drug-likeness (QED) is 0.667. The van der Waals surface area contributed by atoms with E-state index in [0.717, 1.165) is 28.4 Å². The lowest BCUT2D eigenvalue weighted by molar-refractivity contribution is 1.08. The van der Waals surface area contributed by atoms with Crippen LogP contribution in [-0.4, -0.2) is 10.1 Å². The normalized spacial score (nSPS) is 10.2. The van der Waals surface area contributed by atoms with Crippen LogP contribution < -0.4 is 5.73 Å². The van der Waals surface area contributed by atoms with E-state index in [1.54, 1.807) is 0 Å². The second-order valence-electron chi connectivity index (χ2n) is 2.09. The molecular formula is C6H10N2S2. The Bertz CT molecular complexity index is 220. The third kappa shape index (κ3) is 1.44. The maximum atomic E-state index is 5.60. The summed E-state index contributed by atoms with van der Waals surface area (Å²) >= 11 is 5.48. The molecule has 0 bridgehead atoms. The molecule has 0 atom stereocenters. The smallest absolute Gasteiger partial charge is 0.110 e. The molecule has 0 radical (unpaired) electrons. The Balaban J connectivity index is 2.83. The van der Waals surface area contributed by atoms with Crippen molar-refractivity contribution in [3.05, 3.63) is 11.3 Å². The monoisotopic (exact) mass is 174 g/mol. The molecule has 1 aromatic heterocycles. The third-order valence-electron chi connectivity index (χ3n) is 1.41. The summed E-state index contributed by atoms with van der Waals surface area (Å²) in [4.78, 5) is 0. The van der Waals surface area contributed by atoms with Gasteiger partial charge in [0.05, 0.1) is 5.69 Å². The zero-order valence-corrected chi connectivity index (χ0v) is 7.51. The fraction of sp³-hybridized carbons (Fsp3) is 0.500.